The molecular formula is C21H20O11. The van der Waals surface area contributed by atoms with Gasteiger partial charge in [-0.25, -0.2) is 0 Å². The Labute approximate surface area is 179 Å². The van der Waals surface area contributed by atoms with Gasteiger partial charge in [0.1, 0.15) is 40.8 Å². The summed E-state index contributed by atoms with van der Waals surface area (Å²) < 4.78 is 21.6. The summed E-state index contributed by atoms with van der Waals surface area (Å²) in [6, 6.07) is 6.16. The third-order valence-electron chi connectivity index (χ3n) is 5.07. The average molecular weight is 448 g/mol. The zero-order valence-corrected chi connectivity index (χ0v) is 16.6. The average Bonchev–Trinajstić information content (AvgIpc) is 2.76. The van der Waals surface area contributed by atoms with Gasteiger partial charge in [-0.2, -0.15) is 0 Å². The van der Waals surface area contributed by atoms with E-state index < -0.39 is 53.0 Å². The smallest absolute Gasteiger partial charge is 0.239 e. The summed E-state index contributed by atoms with van der Waals surface area (Å²) in [6.07, 6.45) is -6.22. The van der Waals surface area contributed by atoms with Crippen LogP contribution in [0.2, 0.25) is 0 Å². The number of phenols is 3. The van der Waals surface area contributed by atoms with E-state index in [1.807, 2.05) is 0 Å². The third kappa shape index (κ3) is 3.67. The minimum Gasteiger partial charge on any atom is -0.507 e. The van der Waals surface area contributed by atoms with Gasteiger partial charge in [0.25, 0.3) is 0 Å². The summed E-state index contributed by atoms with van der Waals surface area (Å²) >= 11 is 0. The predicted octanol–water partition coefficient (Wildman–Crippen LogP) is 0.403. The second kappa shape index (κ2) is 8.20. The fraction of sp³-hybridized carbons (Fsp3) is 0.286. The molecule has 0 aliphatic carbocycles. The van der Waals surface area contributed by atoms with Gasteiger partial charge in [0, 0.05) is 17.7 Å². The minimum atomic E-state index is -1.71. The molecule has 4 unspecified atom stereocenters. The third-order valence-corrected chi connectivity index (χ3v) is 5.07. The first-order chi connectivity index (χ1) is 15.2. The number of aromatic hydroxyl groups is 3. The Morgan fingerprint density at radius 3 is 2.41 bits per heavy atom. The van der Waals surface area contributed by atoms with Crippen LogP contribution in [0, 0.1) is 0 Å². The molecule has 32 heavy (non-hydrogen) atoms. The first-order valence-corrected chi connectivity index (χ1v) is 9.44. The quantitative estimate of drug-likeness (QED) is 0.304. The Kier molecular flexibility index (Phi) is 5.57. The number of hydrogen-bond acceptors (Lipinski definition) is 11. The van der Waals surface area contributed by atoms with Gasteiger partial charge in [-0.1, -0.05) is 0 Å². The first-order valence-electron chi connectivity index (χ1n) is 9.44. The molecule has 11 nitrogen and oxygen atoms in total. The van der Waals surface area contributed by atoms with Crippen molar-refractivity contribution in [3.05, 3.63) is 40.6 Å². The molecule has 11 heteroatoms. The van der Waals surface area contributed by atoms with E-state index in [9.17, 15) is 35.4 Å². The molecule has 1 aromatic heterocycles. The van der Waals surface area contributed by atoms with Gasteiger partial charge in [0.05, 0.1) is 13.7 Å². The van der Waals surface area contributed by atoms with Gasteiger partial charge >= 0.3 is 0 Å². The number of aliphatic hydroxyl groups excluding tert-OH is 3. The maximum Gasteiger partial charge on any atom is 0.239 e. The lowest BCUT2D eigenvalue weighted by Gasteiger charge is -2.34. The lowest BCUT2D eigenvalue weighted by Crippen LogP contribution is -2.55. The number of benzene rings is 2. The van der Waals surface area contributed by atoms with Gasteiger partial charge < -0.3 is 49.3 Å². The number of phenolic OH excluding ortho intramolecular Hbond substituents is 3. The van der Waals surface area contributed by atoms with Crippen LogP contribution < -0.4 is 14.9 Å². The number of ether oxygens (including phenoxy) is 3. The Bertz CT molecular complexity index is 1220. The highest BCUT2D eigenvalue weighted by atomic mass is 16.7. The van der Waals surface area contributed by atoms with E-state index >= 15 is 0 Å². The predicted molar refractivity (Wildman–Crippen MR) is 108 cm³/mol. The van der Waals surface area contributed by atoms with Crippen LogP contribution in [0.25, 0.3) is 22.3 Å². The Morgan fingerprint density at radius 1 is 0.969 bits per heavy atom. The van der Waals surface area contributed by atoms with Crippen molar-refractivity contribution >= 4 is 11.0 Å². The van der Waals surface area contributed by atoms with Crippen LogP contribution in [0.1, 0.15) is 0 Å². The Morgan fingerprint density at radius 2 is 1.72 bits per heavy atom. The number of hydrogen-bond donors (Lipinski definition) is 6. The molecule has 2 aromatic carbocycles. The largest absolute Gasteiger partial charge is 0.507 e. The molecule has 0 spiro atoms. The highest BCUT2D eigenvalue weighted by Gasteiger charge is 2.40. The van der Waals surface area contributed by atoms with Crippen molar-refractivity contribution in [2.45, 2.75) is 24.6 Å². The van der Waals surface area contributed by atoms with Crippen molar-refractivity contribution in [1.29, 1.82) is 0 Å². The zero-order chi connectivity index (χ0) is 23.2. The van der Waals surface area contributed by atoms with E-state index in [2.05, 4.69) is 0 Å². The lowest BCUT2D eigenvalue weighted by molar-refractivity contribution is -0.242. The number of rotatable bonds is 4. The fourth-order valence-corrected chi connectivity index (χ4v) is 3.34. The van der Waals surface area contributed by atoms with Crippen molar-refractivity contribution in [3.63, 3.8) is 0 Å². The van der Waals surface area contributed by atoms with Crippen molar-refractivity contribution in [3.8, 4) is 40.1 Å². The molecule has 1 aliphatic heterocycles. The van der Waals surface area contributed by atoms with E-state index in [1.165, 1.54) is 25.3 Å². The lowest BCUT2D eigenvalue weighted by atomic mass is 10.1. The van der Waals surface area contributed by atoms with Crippen LogP contribution in [0.15, 0.2) is 39.5 Å². The van der Waals surface area contributed by atoms with Crippen LogP contribution >= 0.6 is 0 Å². The first kappa shape index (κ1) is 21.7. The number of aliphatic hydroxyl groups is 3. The molecule has 1 fully saturated rings. The van der Waals surface area contributed by atoms with Crippen LogP contribution in [-0.2, 0) is 4.74 Å². The van der Waals surface area contributed by atoms with Crippen LogP contribution in [0.4, 0.5) is 0 Å². The van der Waals surface area contributed by atoms with E-state index in [0.29, 0.717) is 0 Å². The molecule has 0 radical (unpaired) electrons. The summed E-state index contributed by atoms with van der Waals surface area (Å²) in [5.41, 5.74) is -0.796. The maximum atomic E-state index is 13.3. The number of fused-ring (bicyclic) bond motifs is 1. The summed E-state index contributed by atoms with van der Waals surface area (Å²) in [7, 11) is 1.36. The van der Waals surface area contributed by atoms with Gasteiger partial charge in [-0.3, -0.25) is 4.79 Å². The maximum absolute atomic E-state index is 13.3. The number of methoxy groups -OCH3 is 1. The van der Waals surface area contributed by atoms with Gasteiger partial charge in [0.15, 0.2) is 17.3 Å². The van der Waals surface area contributed by atoms with E-state index in [4.69, 9.17) is 18.6 Å². The van der Waals surface area contributed by atoms with E-state index in [0.717, 1.165) is 12.1 Å². The van der Waals surface area contributed by atoms with Gasteiger partial charge in [-0.05, 0) is 18.2 Å². The minimum absolute atomic E-state index is 0.0673. The molecule has 1 saturated heterocycles. The highest BCUT2D eigenvalue weighted by molar-refractivity contribution is 5.88. The normalized spacial score (nSPS) is 23.2. The summed E-state index contributed by atoms with van der Waals surface area (Å²) in [6.45, 7) is -0.375. The zero-order valence-electron chi connectivity index (χ0n) is 16.6. The Balaban J connectivity index is 1.92. The van der Waals surface area contributed by atoms with Gasteiger partial charge in [-0.15, -0.1) is 0 Å². The van der Waals surface area contributed by atoms with E-state index in [1.54, 1.807) is 0 Å². The van der Waals surface area contributed by atoms with Crippen molar-refractivity contribution in [2.75, 3.05) is 13.7 Å². The van der Waals surface area contributed by atoms with Crippen molar-refractivity contribution < 1.29 is 49.3 Å². The molecule has 6 N–H and O–H groups in total. The molecule has 1 aliphatic rings. The molecule has 4 rings (SSSR count). The second-order valence-electron chi connectivity index (χ2n) is 7.18. The summed E-state index contributed by atoms with van der Waals surface area (Å²) in [5, 5.41) is 59.4. The Hall–Kier alpha value is -3.51. The molecule has 2 heterocycles. The van der Waals surface area contributed by atoms with Crippen LogP contribution in [0.3, 0.4) is 0 Å². The van der Waals surface area contributed by atoms with E-state index in [-0.39, 0.29) is 34.6 Å². The molecule has 0 amide bonds. The van der Waals surface area contributed by atoms with Crippen molar-refractivity contribution in [1.82, 2.24) is 0 Å². The molecule has 0 saturated carbocycles. The molecule has 170 valence electrons. The second-order valence-corrected chi connectivity index (χ2v) is 7.18. The monoisotopic (exact) mass is 448 g/mol. The molecule has 0 bridgehead atoms. The molecule has 3 aromatic rings. The fourth-order valence-electron chi connectivity index (χ4n) is 3.34. The van der Waals surface area contributed by atoms with Crippen molar-refractivity contribution in [2.24, 2.45) is 0 Å². The molecular weight excluding hydrogens is 428 g/mol. The summed E-state index contributed by atoms with van der Waals surface area (Å²) in [4.78, 5) is 13.3. The highest BCUT2D eigenvalue weighted by Crippen LogP contribution is 2.39. The SMILES string of the molecule is COc1cc(O)c2c(=O)c(OC3OCC(O)C(O)C3O)c(-c3ccc(O)c(O)c3)oc2c1. The standard InChI is InChI=1S/C21H20O11/c1-29-9-5-12(24)15-14(6-9)31-19(8-2-3-10(22)11(23)4-8)20(17(15)27)32-21-18(28)16(26)13(25)7-30-21/h2-6,13,16,18,21-26,28H,7H2,1H3. The molecule has 4 atom stereocenters. The topological polar surface area (TPSA) is 179 Å². The van der Waals surface area contributed by atoms with Crippen LogP contribution in [-0.4, -0.2) is 69.0 Å². The van der Waals surface area contributed by atoms with Crippen LogP contribution in [0.5, 0.6) is 28.7 Å². The summed E-state index contributed by atoms with van der Waals surface area (Å²) in [5.74, 6) is -1.90. The van der Waals surface area contributed by atoms with Gasteiger partial charge in [0.2, 0.25) is 17.5 Å².